The van der Waals surface area contributed by atoms with Gasteiger partial charge in [0.15, 0.2) is 0 Å². The van der Waals surface area contributed by atoms with Gasteiger partial charge in [-0.1, -0.05) is 0 Å². The molecular weight excluding hydrogens is 96.1 g/mol. The lowest BCUT2D eigenvalue weighted by Crippen LogP contribution is -2.41. The SMILES string of the molecule is C1[C@@H]2[C@H]1[C@@]13C[C@@H]1C[C@@H]23. The van der Waals surface area contributed by atoms with Crippen molar-refractivity contribution >= 4 is 0 Å². The van der Waals surface area contributed by atoms with Crippen LogP contribution < -0.4 is 0 Å². The molecule has 4 aliphatic carbocycles. The topological polar surface area (TPSA) is 0 Å². The molecule has 5 atom stereocenters. The normalized spacial score (nSPS) is 87.0. The lowest BCUT2D eigenvalue weighted by atomic mass is 9.59. The summed E-state index contributed by atoms with van der Waals surface area (Å²) in [6.45, 7) is 0. The molecule has 0 bridgehead atoms. The lowest BCUT2D eigenvalue weighted by molar-refractivity contribution is 0.0163. The predicted octanol–water partition coefficient (Wildman–Crippen LogP) is 1.66. The van der Waals surface area contributed by atoms with E-state index >= 15 is 0 Å². The van der Waals surface area contributed by atoms with E-state index in [0.717, 1.165) is 5.41 Å². The van der Waals surface area contributed by atoms with Crippen LogP contribution in [0.25, 0.3) is 0 Å². The van der Waals surface area contributed by atoms with Crippen LogP contribution in [0.3, 0.4) is 0 Å². The Hall–Kier alpha value is 0. The first-order valence-corrected chi connectivity index (χ1v) is 3.93. The van der Waals surface area contributed by atoms with Crippen LogP contribution in [0.5, 0.6) is 0 Å². The third kappa shape index (κ3) is 0.122. The van der Waals surface area contributed by atoms with E-state index in [-0.39, 0.29) is 0 Å². The fraction of sp³-hybridized carbons (Fsp3) is 1.00. The van der Waals surface area contributed by atoms with Crippen molar-refractivity contribution < 1.29 is 0 Å². The summed E-state index contributed by atoms with van der Waals surface area (Å²) in [5.74, 6) is 5.09. The summed E-state index contributed by atoms with van der Waals surface area (Å²) in [6, 6.07) is 0. The molecule has 0 radical (unpaired) electrons. The van der Waals surface area contributed by atoms with Crippen molar-refractivity contribution in [3.05, 3.63) is 0 Å². The fourth-order valence-electron chi connectivity index (χ4n) is 3.95. The van der Waals surface area contributed by atoms with Crippen molar-refractivity contribution in [2.24, 2.45) is 29.1 Å². The number of hydrogen-bond acceptors (Lipinski definition) is 0. The number of hydrogen-bond donors (Lipinski definition) is 0. The first kappa shape index (κ1) is 3.24. The average Bonchev–Trinajstić information content (AvgIpc) is 2.43. The second-order valence-corrected chi connectivity index (χ2v) is 4.36. The molecule has 0 aliphatic heterocycles. The maximum atomic E-state index is 1.65. The highest BCUT2D eigenvalue weighted by Gasteiger charge is 2.86. The zero-order valence-electron chi connectivity index (χ0n) is 4.93. The Morgan fingerprint density at radius 1 is 1.12 bits per heavy atom. The van der Waals surface area contributed by atoms with E-state index in [4.69, 9.17) is 0 Å². The minimum atomic E-state index is 1.06. The Labute approximate surface area is 49.3 Å². The van der Waals surface area contributed by atoms with E-state index in [1.165, 1.54) is 23.7 Å². The average molecular weight is 106 g/mol. The van der Waals surface area contributed by atoms with Crippen LogP contribution >= 0.6 is 0 Å². The van der Waals surface area contributed by atoms with Crippen LogP contribution in [0.1, 0.15) is 19.3 Å². The van der Waals surface area contributed by atoms with E-state index in [1.807, 2.05) is 0 Å². The quantitative estimate of drug-likeness (QED) is 0.440. The maximum Gasteiger partial charge on any atom is -0.0204 e. The summed E-state index contributed by atoms with van der Waals surface area (Å²) in [7, 11) is 0. The molecule has 0 amide bonds. The molecule has 0 unspecified atom stereocenters. The molecule has 0 heterocycles. The van der Waals surface area contributed by atoms with E-state index in [2.05, 4.69) is 0 Å². The van der Waals surface area contributed by atoms with Gasteiger partial charge in [-0.15, -0.1) is 0 Å². The van der Waals surface area contributed by atoms with Gasteiger partial charge in [-0.25, -0.2) is 0 Å². The smallest absolute Gasteiger partial charge is 0.0204 e. The van der Waals surface area contributed by atoms with Crippen molar-refractivity contribution in [3.63, 3.8) is 0 Å². The minimum Gasteiger partial charge on any atom is -0.0462 e. The second kappa shape index (κ2) is 0.571. The molecule has 4 fully saturated rings. The lowest BCUT2D eigenvalue weighted by Gasteiger charge is -2.46. The second-order valence-electron chi connectivity index (χ2n) is 4.36. The zero-order chi connectivity index (χ0) is 4.93. The van der Waals surface area contributed by atoms with Crippen LogP contribution in [-0.2, 0) is 0 Å². The molecule has 0 saturated heterocycles. The van der Waals surface area contributed by atoms with Crippen LogP contribution in [-0.4, -0.2) is 0 Å². The Balaban J connectivity index is 1.97. The van der Waals surface area contributed by atoms with Gasteiger partial charge in [0.1, 0.15) is 0 Å². The summed E-state index contributed by atoms with van der Waals surface area (Å²) in [4.78, 5) is 0. The van der Waals surface area contributed by atoms with Gasteiger partial charge >= 0.3 is 0 Å². The monoisotopic (exact) mass is 106 g/mol. The van der Waals surface area contributed by atoms with Crippen LogP contribution in [0.4, 0.5) is 0 Å². The molecule has 42 valence electrons. The highest BCUT2D eigenvalue weighted by atomic mass is 14.9. The summed E-state index contributed by atoms with van der Waals surface area (Å²) in [6.07, 6.45) is 4.93. The molecule has 1 spiro atoms. The fourth-order valence-corrected chi connectivity index (χ4v) is 3.95. The van der Waals surface area contributed by atoms with E-state index in [0.29, 0.717) is 0 Å². The summed E-state index contributed by atoms with van der Waals surface area (Å²) < 4.78 is 0. The van der Waals surface area contributed by atoms with Crippen LogP contribution in [0.2, 0.25) is 0 Å². The van der Waals surface area contributed by atoms with Gasteiger partial charge in [-0.3, -0.25) is 0 Å². The van der Waals surface area contributed by atoms with Crippen LogP contribution in [0.15, 0.2) is 0 Å². The summed E-state index contributed by atoms with van der Waals surface area (Å²) in [5, 5.41) is 0. The van der Waals surface area contributed by atoms with Gasteiger partial charge in [-0.2, -0.15) is 0 Å². The molecule has 0 aromatic rings. The van der Waals surface area contributed by atoms with Gasteiger partial charge in [-0.05, 0) is 48.3 Å². The Kier molecular flexibility index (Phi) is 0.231. The van der Waals surface area contributed by atoms with Gasteiger partial charge in [0, 0.05) is 0 Å². The molecule has 0 nitrogen and oxygen atoms in total. The highest BCUT2D eigenvalue weighted by molar-refractivity contribution is 5.34. The third-order valence-electron chi connectivity index (χ3n) is 4.48. The van der Waals surface area contributed by atoms with Gasteiger partial charge < -0.3 is 0 Å². The maximum absolute atomic E-state index is 1.65. The van der Waals surface area contributed by atoms with E-state index in [1.54, 1.807) is 19.3 Å². The predicted molar refractivity (Wildman–Crippen MR) is 30.2 cm³/mol. The largest absolute Gasteiger partial charge is 0.0462 e. The van der Waals surface area contributed by atoms with Gasteiger partial charge in [0.25, 0.3) is 0 Å². The minimum absolute atomic E-state index is 1.06. The van der Waals surface area contributed by atoms with Crippen molar-refractivity contribution in [2.75, 3.05) is 0 Å². The van der Waals surface area contributed by atoms with Gasteiger partial charge in [0.2, 0.25) is 0 Å². The van der Waals surface area contributed by atoms with Crippen molar-refractivity contribution in [3.8, 4) is 0 Å². The van der Waals surface area contributed by atoms with Crippen molar-refractivity contribution in [2.45, 2.75) is 19.3 Å². The number of rotatable bonds is 0. The Morgan fingerprint density at radius 3 is 2.50 bits per heavy atom. The van der Waals surface area contributed by atoms with Crippen molar-refractivity contribution in [1.82, 2.24) is 0 Å². The number of fused-ring (bicyclic) bond motifs is 2. The van der Waals surface area contributed by atoms with E-state index < -0.39 is 0 Å². The first-order valence-electron chi connectivity index (χ1n) is 3.93. The van der Waals surface area contributed by atoms with Gasteiger partial charge in [0.05, 0.1) is 0 Å². The highest BCUT2D eigenvalue weighted by Crippen LogP contribution is 2.92. The standard InChI is InChI=1S/C8H10/c1-4-3-8(4)6(1)5-2-7(5)8/h4-7H,1-3H2/t4-,5-,6-,7-,8-/m0/s1. The molecule has 0 heteroatoms. The molecular formula is C8H10. The summed E-state index contributed by atoms with van der Waals surface area (Å²) >= 11 is 0. The van der Waals surface area contributed by atoms with E-state index in [9.17, 15) is 0 Å². The van der Waals surface area contributed by atoms with Crippen molar-refractivity contribution in [1.29, 1.82) is 0 Å². The Bertz CT molecular complexity index is 182. The Morgan fingerprint density at radius 2 is 2.00 bits per heavy atom. The zero-order valence-corrected chi connectivity index (χ0v) is 4.93. The molecule has 4 saturated carbocycles. The first-order chi connectivity index (χ1) is 3.93. The van der Waals surface area contributed by atoms with Crippen LogP contribution in [0, 0.1) is 29.1 Å². The molecule has 4 aliphatic rings. The molecule has 0 aromatic carbocycles. The molecule has 4 rings (SSSR count). The summed E-state index contributed by atoms with van der Waals surface area (Å²) in [5.41, 5.74) is 1.06. The molecule has 0 N–H and O–H groups in total. The third-order valence-corrected chi connectivity index (χ3v) is 4.48. The molecule has 0 aromatic heterocycles. The molecule has 8 heavy (non-hydrogen) atoms.